The summed E-state index contributed by atoms with van der Waals surface area (Å²) in [6.07, 6.45) is 0. The monoisotopic (exact) mass is 391 g/mol. The average molecular weight is 391 g/mol. The number of aromatic nitrogens is 1. The molecule has 0 aliphatic rings. The predicted octanol–water partition coefficient (Wildman–Crippen LogP) is 4.01. The van der Waals surface area contributed by atoms with E-state index in [1.807, 2.05) is 0 Å². The van der Waals surface area contributed by atoms with E-state index >= 15 is 0 Å². The van der Waals surface area contributed by atoms with Crippen molar-refractivity contribution in [2.24, 2.45) is 0 Å². The number of amides is 1. The number of nitro benzene ring substituents is 1. The molecule has 1 amide bonds. The minimum absolute atomic E-state index is 0.149. The largest absolute Gasteiger partial charge is 0.484 e. The van der Waals surface area contributed by atoms with Gasteiger partial charge in [0, 0.05) is 17.0 Å². The summed E-state index contributed by atoms with van der Waals surface area (Å²) in [5.41, 5.74) is 0.608. The smallest absolute Gasteiger partial charge is 0.273 e. The third-order valence-corrected chi connectivity index (χ3v) is 4.12. The van der Waals surface area contributed by atoms with E-state index in [4.69, 9.17) is 4.74 Å². The molecule has 0 fully saturated rings. The molecule has 0 saturated carbocycles. The summed E-state index contributed by atoms with van der Waals surface area (Å²) in [7, 11) is 0. The van der Waals surface area contributed by atoms with Gasteiger partial charge in [0.15, 0.2) is 23.4 Å². The molecule has 27 heavy (non-hydrogen) atoms. The van der Waals surface area contributed by atoms with Crippen molar-refractivity contribution < 1.29 is 23.2 Å². The molecule has 0 bridgehead atoms. The predicted molar refractivity (Wildman–Crippen MR) is 94.7 cm³/mol. The molecule has 3 aromatic rings. The van der Waals surface area contributed by atoms with Gasteiger partial charge in [-0.25, -0.2) is 13.8 Å². The van der Waals surface area contributed by atoms with Crippen LogP contribution in [-0.2, 0) is 4.79 Å². The quantitative estimate of drug-likeness (QED) is 0.506. The first-order chi connectivity index (χ1) is 12.9. The van der Waals surface area contributed by atoms with Crippen LogP contribution in [0.25, 0.3) is 11.3 Å². The highest BCUT2D eigenvalue weighted by Gasteiger charge is 2.12. The minimum Gasteiger partial charge on any atom is -0.484 e. The number of carbonyl (C=O) groups is 1. The van der Waals surface area contributed by atoms with E-state index in [-0.39, 0.29) is 23.2 Å². The molecule has 138 valence electrons. The maximum Gasteiger partial charge on any atom is 0.273 e. The maximum atomic E-state index is 13.3. The van der Waals surface area contributed by atoms with Crippen LogP contribution < -0.4 is 10.1 Å². The number of hydrogen-bond acceptors (Lipinski definition) is 6. The second-order valence-corrected chi connectivity index (χ2v) is 6.12. The first-order valence-corrected chi connectivity index (χ1v) is 8.38. The highest BCUT2D eigenvalue weighted by atomic mass is 32.1. The second-order valence-electron chi connectivity index (χ2n) is 5.26. The van der Waals surface area contributed by atoms with Gasteiger partial charge in [0.2, 0.25) is 0 Å². The molecule has 0 radical (unpaired) electrons. The van der Waals surface area contributed by atoms with Gasteiger partial charge in [0.05, 0.1) is 16.7 Å². The molecule has 1 aromatic heterocycles. The first kappa shape index (κ1) is 18.4. The normalized spacial score (nSPS) is 10.4. The fourth-order valence-corrected chi connectivity index (χ4v) is 2.85. The Morgan fingerprint density at radius 3 is 2.78 bits per heavy atom. The number of benzene rings is 2. The van der Waals surface area contributed by atoms with Gasteiger partial charge in [-0.3, -0.25) is 20.2 Å². The lowest BCUT2D eigenvalue weighted by Crippen LogP contribution is -2.20. The molecule has 0 unspecified atom stereocenters. The summed E-state index contributed by atoms with van der Waals surface area (Å²) >= 11 is 1.11. The van der Waals surface area contributed by atoms with Crippen molar-refractivity contribution in [1.82, 2.24) is 4.98 Å². The second kappa shape index (κ2) is 7.87. The van der Waals surface area contributed by atoms with Crippen molar-refractivity contribution >= 4 is 28.1 Å². The van der Waals surface area contributed by atoms with Crippen molar-refractivity contribution in [2.75, 3.05) is 11.9 Å². The average Bonchev–Trinajstić information content (AvgIpc) is 3.11. The fourth-order valence-electron chi connectivity index (χ4n) is 2.11. The molecule has 2 aromatic carbocycles. The van der Waals surface area contributed by atoms with E-state index in [1.165, 1.54) is 30.3 Å². The van der Waals surface area contributed by atoms with Crippen LogP contribution in [0.1, 0.15) is 0 Å². The summed E-state index contributed by atoms with van der Waals surface area (Å²) < 4.78 is 31.5. The molecule has 0 aliphatic heterocycles. The molecule has 1 heterocycles. The Morgan fingerprint density at radius 2 is 2.04 bits per heavy atom. The third kappa shape index (κ3) is 4.61. The summed E-state index contributed by atoms with van der Waals surface area (Å²) in [6, 6.07) is 8.84. The molecule has 0 saturated heterocycles. The van der Waals surface area contributed by atoms with Crippen molar-refractivity contribution in [1.29, 1.82) is 0 Å². The zero-order chi connectivity index (χ0) is 19.4. The number of ether oxygens (including phenoxy) is 1. The van der Waals surface area contributed by atoms with Crippen molar-refractivity contribution in [3.8, 4) is 17.0 Å². The lowest BCUT2D eigenvalue weighted by molar-refractivity contribution is -0.384. The van der Waals surface area contributed by atoms with Crippen LogP contribution in [0, 0.1) is 21.7 Å². The number of carbonyl (C=O) groups excluding carboxylic acids is 1. The lowest BCUT2D eigenvalue weighted by atomic mass is 10.2. The Kier molecular flexibility index (Phi) is 5.36. The van der Waals surface area contributed by atoms with Gasteiger partial charge < -0.3 is 4.74 Å². The topological polar surface area (TPSA) is 94.4 Å². The number of anilines is 1. The van der Waals surface area contributed by atoms with E-state index in [2.05, 4.69) is 10.3 Å². The Morgan fingerprint density at radius 1 is 1.22 bits per heavy atom. The summed E-state index contributed by atoms with van der Waals surface area (Å²) in [5, 5.41) is 15.1. The van der Waals surface area contributed by atoms with Gasteiger partial charge in [-0.05, 0) is 24.3 Å². The van der Waals surface area contributed by atoms with Crippen molar-refractivity contribution in [3.63, 3.8) is 0 Å². The number of non-ortho nitro benzene ring substituents is 1. The Balaban J connectivity index is 1.60. The van der Waals surface area contributed by atoms with E-state index in [0.717, 1.165) is 23.5 Å². The van der Waals surface area contributed by atoms with Gasteiger partial charge in [-0.15, -0.1) is 11.3 Å². The van der Waals surface area contributed by atoms with Crippen molar-refractivity contribution in [3.05, 3.63) is 69.6 Å². The number of thiazole rings is 1. The molecule has 1 N–H and O–H groups in total. The highest BCUT2D eigenvalue weighted by Crippen LogP contribution is 2.26. The molecule has 0 atom stereocenters. The zero-order valence-electron chi connectivity index (χ0n) is 13.5. The SMILES string of the molecule is O=C(COc1cccc([N+](=O)[O-])c1)Nc1nc(-c2ccc(F)c(F)c2)cs1. The summed E-state index contributed by atoms with van der Waals surface area (Å²) in [4.78, 5) is 26.2. The van der Waals surface area contributed by atoms with E-state index in [0.29, 0.717) is 11.3 Å². The molecule has 10 heteroatoms. The van der Waals surface area contributed by atoms with Crippen LogP contribution in [0.2, 0.25) is 0 Å². The zero-order valence-corrected chi connectivity index (χ0v) is 14.3. The standard InChI is InChI=1S/C17H11F2N3O4S/c18-13-5-4-10(6-14(13)19)15-9-27-17(20-15)21-16(23)8-26-12-3-1-2-11(7-12)22(24)25/h1-7,9H,8H2,(H,20,21,23). The molecule has 0 spiro atoms. The summed E-state index contributed by atoms with van der Waals surface area (Å²) in [5.74, 6) is -2.29. The van der Waals surface area contributed by atoms with Crippen LogP contribution in [0.5, 0.6) is 5.75 Å². The Bertz CT molecular complexity index is 1010. The number of halogens is 2. The minimum atomic E-state index is -0.989. The number of nitro groups is 1. The van der Waals surface area contributed by atoms with Gasteiger partial charge in [0.1, 0.15) is 5.75 Å². The van der Waals surface area contributed by atoms with Crippen LogP contribution in [0.3, 0.4) is 0 Å². The summed E-state index contributed by atoms with van der Waals surface area (Å²) in [6.45, 7) is -0.374. The van der Waals surface area contributed by atoms with Crippen molar-refractivity contribution in [2.45, 2.75) is 0 Å². The van der Waals surface area contributed by atoms with Gasteiger partial charge in [-0.2, -0.15) is 0 Å². The highest BCUT2D eigenvalue weighted by molar-refractivity contribution is 7.14. The fraction of sp³-hybridized carbons (Fsp3) is 0.0588. The van der Waals surface area contributed by atoms with Gasteiger partial charge in [0.25, 0.3) is 11.6 Å². The number of nitrogens with one attached hydrogen (secondary N) is 1. The van der Waals surface area contributed by atoms with E-state index in [9.17, 15) is 23.7 Å². The Labute approximate surface area is 155 Å². The third-order valence-electron chi connectivity index (χ3n) is 3.36. The van der Waals surface area contributed by atoms with Gasteiger partial charge in [-0.1, -0.05) is 6.07 Å². The van der Waals surface area contributed by atoms with Crippen LogP contribution in [0.15, 0.2) is 47.8 Å². The first-order valence-electron chi connectivity index (χ1n) is 7.50. The molecular weight excluding hydrogens is 380 g/mol. The van der Waals surface area contributed by atoms with E-state index in [1.54, 1.807) is 5.38 Å². The molecule has 7 nitrogen and oxygen atoms in total. The van der Waals surface area contributed by atoms with Gasteiger partial charge >= 0.3 is 0 Å². The number of rotatable bonds is 6. The molecule has 0 aliphatic carbocycles. The molecule has 3 rings (SSSR count). The lowest BCUT2D eigenvalue weighted by Gasteiger charge is -2.05. The maximum absolute atomic E-state index is 13.3. The number of hydrogen-bond donors (Lipinski definition) is 1. The molecular formula is C17H11F2N3O4S. The van der Waals surface area contributed by atoms with Crippen LogP contribution >= 0.6 is 11.3 Å². The number of nitrogens with zero attached hydrogens (tertiary/aromatic N) is 2. The van der Waals surface area contributed by atoms with E-state index < -0.39 is 22.5 Å². The van der Waals surface area contributed by atoms with Crippen LogP contribution in [0.4, 0.5) is 19.6 Å². The van der Waals surface area contributed by atoms with Crippen LogP contribution in [-0.4, -0.2) is 22.4 Å². The Hall–Kier alpha value is -3.40.